The van der Waals surface area contributed by atoms with Crippen LogP contribution in [0.2, 0.25) is 0 Å². The zero-order chi connectivity index (χ0) is 38.4. The van der Waals surface area contributed by atoms with Gasteiger partial charge in [-0.15, -0.1) is 0 Å². The second-order valence-corrected chi connectivity index (χ2v) is 15.4. The summed E-state index contributed by atoms with van der Waals surface area (Å²) in [5, 5.41) is 0. The van der Waals surface area contributed by atoms with E-state index in [-0.39, 0.29) is 38.6 Å². The number of unbranched alkanes of at least 4 members (excludes halogenated alkanes) is 13. The SMILES string of the molecule is CCC/C=C\CCCC/C=C\CCCCC(=O)OC[C@H](COP(=O)(OC)OCCCCN(C)C)OC(=O)CCCC/C=C\CCCC/C=C\CCC. The third kappa shape index (κ3) is 35.0. The number of nitrogens with zero attached hydrogens (tertiary/aromatic N) is 1. The lowest BCUT2D eigenvalue weighted by molar-refractivity contribution is -0.161. The van der Waals surface area contributed by atoms with Gasteiger partial charge in [-0.1, -0.05) is 75.3 Å². The van der Waals surface area contributed by atoms with E-state index < -0.39 is 19.9 Å². The first-order valence-electron chi connectivity index (χ1n) is 20.3. The zero-order valence-electron chi connectivity index (χ0n) is 33.7. The van der Waals surface area contributed by atoms with Gasteiger partial charge in [0.15, 0.2) is 6.10 Å². The molecule has 0 amide bonds. The molecule has 0 aromatic carbocycles. The average Bonchev–Trinajstić information content (AvgIpc) is 3.13. The van der Waals surface area contributed by atoms with Gasteiger partial charge in [-0.25, -0.2) is 4.57 Å². The summed E-state index contributed by atoms with van der Waals surface area (Å²) >= 11 is 0. The summed E-state index contributed by atoms with van der Waals surface area (Å²) in [7, 11) is 1.36. The Morgan fingerprint density at radius 1 is 0.577 bits per heavy atom. The van der Waals surface area contributed by atoms with Crippen LogP contribution in [0.15, 0.2) is 48.6 Å². The van der Waals surface area contributed by atoms with Crippen molar-refractivity contribution in [1.82, 2.24) is 4.90 Å². The lowest BCUT2D eigenvalue weighted by Crippen LogP contribution is -2.29. The van der Waals surface area contributed by atoms with E-state index in [9.17, 15) is 14.2 Å². The fourth-order valence-corrected chi connectivity index (χ4v) is 6.02. The Morgan fingerprint density at radius 2 is 1.02 bits per heavy atom. The molecule has 10 heteroatoms. The van der Waals surface area contributed by atoms with E-state index in [1.54, 1.807) is 0 Å². The molecule has 0 aliphatic heterocycles. The van der Waals surface area contributed by atoms with E-state index in [0.717, 1.165) is 77.2 Å². The molecule has 0 aliphatic carbocycles. The van der Waals surface area contributed by atoms with Gasteiger partial charge in [0.25, 0.3) is 0 Å². The predicted octanol–water partition coefficient (Wildman–Crippen LogP) is 11.6. The number of phosphoric ester groups is 1. The Bertz CT molecular complexity index is 1010. The Labute approximate surface area is 318 Å². The van der Waals surface area contributed by atoms with Gasteiger partial charge in [0.1, 0.15) is 6.61 Å². The van der Waals surface area contributed by atoms with Crippen molar-refractivity contribution >= 4 is 19.8 Å². The lowest BCUT2D eigenvalue weighted by atomic mass is 10.1. The molecule has 0 bridgehead atoms. The number of esters is 2. The van der Waals surface area contributed by atoms with Crippen LogP contribution in [-0.2, 0) is 37.2 Å². The molecule has 0 radical (unpaired) electrons. The van der Waals surface area contributed by atoms with Crippen molar-refractivity contribution in [1.29, 1.82) is 0 Å². The maximum Gasteiger partial charge on any atom is 0.474 e. The summed E-state index contributed by atoms with van der Waals surface area (Å²) in [6.07, 6.45) is 38.0. The van der Waals surface area contributed by atoms with Crippen LogP contribution in [0.3, 0.4) is 0 Å². The van der Waals surface area contributed by atoms with Gasteiger partial charge in [-0.05, 0) is 136 Å². The molecule has 0 heterocycles. The van der Waals surface area contributed by atoms with E-state index in [1.807, 2.05) is 14.1 Å². The molecule has 0 fully saturated rings. The second-order valence-electron chi connectivity index (χ2n) is 13.6. The minimum atomic E-state index is -3.87. The van der Waals surface area contributed by atoms with Gasteiger partial charge >= 0.3 is 19.8 Å². The number of ether oxygens (including phenoxy) is 2. The van der Waals surface area contributed by atoms with Crippen LogP contribution in [0.5, 0.6) is 0 Å². The van der Waals surface area contributed by atoms with Gasteiger partial charge in [-0.2, -0.15) is 0 Å². The summed E-state index contributed by atoms with van der Waals surface area (Å²) in [4.78, 5) is 27.3. The summed E-state index contributed by atoms with van der Waals surface area (Å²) in [6.45, 7) is 5.00. The molecule has 0 saturated heterocycles. The Balaban J connectivity index is 4.63. The molecule has 302 valence electrons. The van der Waals surface area contributed by atoms with Crippen LogP contribution in [0.25, 0.3) is 0 Å². The van der Waals surface area contributed by atoms with Crippen LogP contribution in [0.1, 0.15) is 155 Å². The van der Waals surface area contributed by atoms with Gasteiger partial charge in [0.05, 0.1) is 13.2 Å². The predicted molar refractivity (Wildman–Crippen MR) is 215 cm³/mol. The highest BCUT2D eigenvalue weighted by molar-refractivity contribution is 7.48. The van der Waals surface area contributed by atoms with Crippen molar-refractivity contribution in [3.63, 3.8) is 0 Å². The normalized spacial score (nSPS) is 14.0. The minimum absolute atomic E-state index is 0.193. The molecule has 0 aromatic rings. The fourth-order valence-electron chi connectivity index (χ4n) is 5.03. The third-order valence-electron chi connectivity index (χ3n) is 8.18. The van der Waals surface area contributed by atoms with E-state index >= 15 is 0 Å². The molecule has 0 aromatic heterocycles. The summed E-state index contributed by atoms with van der Waals surface area (Å²) in [5.74, 6) is -0.783. The van der Waals surface area contributed by atoms with Crippen molar-refractivity contribution in [3.8, 4) is 0 Å². The molecule has 0 spiro atoms. The molecular formula is C42H76NO8P. The average molecular weight is 754 g/mol. The number of carbonyl (C=O) groups is 2. The lowest BCUT2D eigenvalue weighted by Gasteiger charge is -2.21. The third-order valence-corrected chi connectivity index (χ3v) is 9.59. The monoisotopic (exact) mass is 754 g/mol. The first-order valence-corrected chi connectivity index (χ1v) is 21.8. The van der Waals surface area contributed by atoms with E-state index in [0.29, 0.717) is 19.3 Å². The van der Waals surface area contributed by atoms with Gasteiger partial charge in [0, 0.05) is 20.0 Å². The van der Waals surface area contributed by atoms with E-state index in [2.05, 4.69) is 67.4 Å². The molecule has 1 unspecified atom stereocenters. The summed E-state index contributed by atoms with van der Waals surface area (Å²) in [5.41, 5.74) is 0. The van der Waals surface area contributed by atoms with Crippen LogP contribution in [0, 0.1) is 0 Å². The first-order chi connectivity index (χ1) is 25.3. The zero-order valence-corrected chi connectivity index (χ0v) is 34.6. The van der Waals surface area contributed by atoms with Gasteiger partial charge < -0.3 is 14.4 Å². The number of allylic oxidation sites excluding steroid dienone is 8. The highest BCUT2D eigenvalue weighted by Crippen LogP contribution is 2.48. The number of hydrogen-bond donors (Lipinski definition) is 0. The quantitative estimate of drug-likeness (QED) is 0.0265. The van der Waals surface area contributed by atoms with Crippen LogP contribution in [0.4, 0.5) is 0 Å². The number of hydrogen-bond acceptors (Lipinski definition) is 9. The largest absolute Gasteiger partial charge is 0.474 e. The standard InChI is InChI=1S/C42H76NO8P/c1-6-8-10-12-14-16-18-20-22-24-26-28-30-34-41(44)48-38-40(39-50-52(46,47-5)49-37-33-32-36-43(3)4)51-42(45)35-31-29-27-25-23-21-19-17-15-13-11-9-7-2/h10-13,22-25,40H,6-9,14-21,26-39H2,1-5H3/b12-10-,13-11-,24-22-,25-23-/t40-,52?/m1/s1. The highest BCUT2D eigenvalue weighted by atomic mass is 31.2. The summed E-state index contributed by atoms with van der Waals surface area (Å²) in [6, 6.07) is 0. The minimum Gasteiger partial charge on any atom is -0.462 e. The molecule has 0 N–H and O–H groups in total. The molecule has 2 atom stereocenters. The first kappa shape index (κ1) is 50.0. The number of rotatable bonds is 37. The number of phosphoric acid groups is 1. The Morgan fingerprint density at radius 3 is 1.46 bits per heavy atom. The molecule has 0 aliphatic rings. The molecule has 52 heavy (non-hydrogen) atoms. The van der Waals surface area contributed by atoms with Crippen molar-refractivity contribution in [2.45, 2.75) is 161 Å². The van der Waals surface area contributed by atoms with Gasteiger partial charge in [-0.3, -0.25) is 23.2 Å². The summed E-state index contributed by atoms with van der Waals surface area (Å²) < 4.78 is 40.1. The van der Waals surface area contributed by atoms with Crippen molar-refractivity contribution < 1.29 is 37.2 Å². The van der Waals surface area contributed by atoms with E-state index in [4.69, 9.17) is 23.0 Å². The number of carbonyl (C=O) groups excluding carboxylic acids is 2. The van der Waals surface area contributed by atoms with Gasteiger partial charge in [0.2, 0.25) is 0 Å². The molecule has 9 nitrogen and oxygen atoms in total. The molecular weight excluding hydrogens is 677 g/mol. The van der Waals surface area contributed by atoms with Crippen molar-refractivity contribution in [3.05, 3.63) is 48.6 Å². The van der Waals surface area contributed by atoms with E-state index in [1.165, 1.54) is 45.6 Å². The topological polar surface area (TPSA) is 101 Å². The second kappa shape index (κ2) is 37.3. The maximum absolute atomic E-state index is 13.0. The van der Waals surface area contributed by atoms with Crippen LogP contribution >= 0.6 is 7.82 Å². The van der Waals surface area contributed by atoms with Crippen LogP contribution < -0.4 is 0 Å². The smallest absolute Gasteiger partial charge is 0.462 e. The van der Waals surface area contributed by atoms with Crippen molar-refractivity contribution in [2.24, 2.45) is 0 Å². The van der Waals surface area contributed by atoms with Crippen LogP contribution in [-0.4, -0.2) is 70.5 Å². The maximum atomic E-state index is 13.0. The highest BCUT2D eigenvalue weighted by Gasteiger charge is 2.28. The Kier molecular flexibility index (Phi) is 35.8. The molecule has 0 rings (SSSR count). The molecule has 0 saturated carbocycles. The van der Waals surface area contributed by atoms with Crippen molar-refractivity contribution in [2.75, 3.05) is 47.6 Å². The Hall–Kier alpha value is -2.03. The fraction of sp³-hybridized carbons (Fsp3) is 0.762.